The van der Waals surface area contributed by atoms with E-state index in [1.54, 1.807) is 6.07 Å². The van der Waals surface area contributed by atoms with Gasteiger partial charge >= 0.3 is 5.63 Å². The quantitative estimate of drug-likeness (QED) is 0.699. The van der Waals surface area contributed by atoms with Crippen LogP contribution in [0, 0.1) is 0 Å². The van der Waals surface area contributed by atoms with Crippen molar-refractivity contribution in [2.75, 3.05) is 0 Å². The Morgan fingerprint density at radius 3 is 2.69 bits per heavy atom. The minimum Gasteiger partial charge on any atom is -0.422 e. The van der Waals surface area contributed by atoms with E-state index in [0.717, 1.165) is 14.3 Å². The highest BCUT2D eigenvalue weighted by Crippen LogP contribution is 2.26. The van der Waals surface area contributed by atoms with Gasteiger partial charge in [-0.2, -0.15) is 0 Å². The third-order valence-electron chi connectivity index (χ3n) is 1.64. The normalized spacial score (nSPS) is 10.6. The summed E-state index contributed by atoms with van der Waals surface area (Å²) in [4.78, 5) is 10.9. The fraction of sp³-hybridized carbons (Fsp3) is 0. The van der Waals surface area contributed by atoms with Crippen molar-refractivity contribution >= 4 is 42.8 Å². The molecule has 0 unspecified atom stereocenters. The molecule has 0 amide bonds. The highest BCUT2D eigenvalue weighted by molar-refractivity contribution is 9.11. The van der Waals surface area contributed by atoms with Crippen molar-refractivity contribution in [1.82, 2.24) is 0 Å². The van der Waals surface area contributed by atoms with Crippen LogP contribution in [0.3, 0.4) is 0 Å². The van der Waals surface area contributed by atoms with Crippen molar-refractivity contribution in [3.63, 3.8) is 0 Å². The van der Waals surface area contributed by atoms with E-state index in [0.29, 0.717) is 5.58 Å². The van der Waals surface area contributed by atoms with Crippen LogP contribution in [0.4, 0.5) is 0 Å². The third-order valence-corrected chi connectivity index (χ3v) is 2.69. The van der Waals surface area contributed by atoms with Crippen molar-refractivity contribution in [2.45, 2.75) is 0 Å². The molecule has 0 N–H and O–H groups in total. The van der Waals surface area contributed by atoms with Crippen LogP contribution in [-0.2, 0) is 0 Å². The van der Waals surface area contributed by atoms with Crippen LogP contribution in [0.5, 0.6) is 0 Å². The molecule has 1 aromatic carbocycles. The molecule has 0 aliphatic rings. The van der Waals surface area contributed by atoms with E-state index >= 15 is 0 Å². The summed E-state index contributed by atoms with van der Waals surface area (Å²) in [6.45, 7) is 0. The summed E-state index contributed by atoms with van der Waals surface area (Å²) in [5, 5.41) is 0.890. The Kier molecular flexibility index (Phi) is 2.26. The Balaban J connectivity index is 2.95. The number of hydrogen-bond acceptors (Lipinski definition) is 2. The summed E-state index contributed by atoms with van der Waals surface area (Å²) in [5.74, 6) is 0. The highest BCUT2D eigenvalue weighted by Gasteiger charge is 2.02. The molecule has 2 aromatic rings. The average Bonchev–Trinajstić information content (AvgIpc) is 2.06. The largest absolute Gasteiger partial charge is 0.422 e. The zero-order chi connectivity index (χ0) is 9.42. The zero-order valence-electron chi connectivity index (χ0n) is 6.38. The lowest BCUT2D eigenvalue weighted by Crippen LogP contribution is -1.94. The first-order chi connectivity index (χ1) is 6.16. The van der Waals surface area contributed by atoms with E-state index in [9.17, 15) is 4.79 Å². The monoisotopic (exact) mass is 302 g/mol. The number of hydrogen-bond donors (Lipinski definition) is 0. The third kappa shape index (κ3) is 1.69. The molecule has 2 nitrogen and oxygen atoms in total. The Morgan fingerprint density at radius 2 is 1.92 bits per heavy atom. The van der Waals surface area contributed by atoms with Crippen molar-refractivity contribution in [3.8, 4) is 0 Å². The van der Waals surface area contributed by atoms with Gasteiger partial charge in [0.25, 0.3) is 0 Å². The molecule has 13 heavy (non-hydrogen) atoms. The van der Waals surface area contributed by atoms with Crippen molar-refractivity contribution < 1.29 is 4.42 Å². The van der Waals surface area contributed by atoms with Crippen molar-refractivity contribution in [3.05, 3.63) is 43.6 Å². The lowest BCUT2D eigenvalue weighted by atomic mass is 10.2. The molecule has 0 spiro atoms. The predicted octanol–water partition coefficient (Wildman–Crippen LogP) is 3.32. The molecule has 66 valence electrons. The molecular formula is C9H4Br2O2. The summed E-state index contributed by atoms with van der Waals surface area (Å²) >= 11 is 6.67. The fourth-order valence-corrected chi connectivity index (χ4v) is 2.44. The summed E-state index contributed by atoms with van der Waals surface area (Å²) in [6, 6.07) is 6.87. The molecule has 0 bridgehead atoms. The smallest absolute Gasteiger partial charge is 0.336 e. The van der Waals surface area contributed by atoms with Gasteiger partial charge in [0.05, 0.1) is 4.47 Å². The maximum Gasteiger partial charge on any atom is 0.336 e. The summed E-state index contributed by atoms with van der Waals surface area (Å²) in [5.41, 5.74) is 0.242. The number of rotatable bonds is 0. The van der Waals surface area contributed by atoms with Gasteiger partial charge in [-0.15, -0.1) is 0 Å². The van der Waals surface area contributed by atoms with Crippen LogP contribution in [0.15, 0.2) is 42.4 Å². The molecule has 2 rings (SSSR count). The van der Waals surface area contributed by atoms with Crippen LogP contribution in [-0.4, -0.2) is 0 Å². The van der Waals surface area contributed by atoms with E-state index < -0.39 is 0 Å². The minimum absolute atomic E-state index is 0.337. The van der Waals surface area contributed by atoms with Gasteiger partial charge in [0, 0.05) is 15.9 Å². The number of fused-ring (bicyclic) bond motifs is 1. The second kappa shape index (κ2) is 3.27. The van der Waals surface area contributed by atoms with E-state index in [2.05, 4.69) is 31.9 Å². The second-order valence-electron chi connectivity index (χ2n) is 2.56. The van der Waals surface area contributed by atoms with Gasteiger partial charge in [-0.25, -0.2) is 4.79 Å². The zero-order valence-corrected chi connectivity index (χ0v) is 9.55. The van der Waals surface area contributed by atoms with Gasteiger partial charge in [-0.1, -0.05) is 15.9 Å². The minimum atomic E-state index is -0.337. The Morgan fingerprint density at radius 1 is 1.15 bits per heavy atom. The standard InChI is InChI=1S/C9H4Br2O2/c10-6-3-5-1-2-8(12)13-9(5)7(11)4-6/h1-4H. The summed E-state index contributed by atoms with van der Waals surface area (Å²) in [7, 11) is 0. The Bertz CT molecular complexity index is 516. The van der Waals surface area contributed by atoms with Crippen molar-refractivity contribution in [2.24, 2.45) is 0 Å². The van der Waals surface area contributed by atoms with E-state index in [4.69, 9.17) is 4.42 Å². The molecular weight excluding hydrogens is 300 g/mol. The molecule has 0 atom stereocenters. The number of benzene rings is 1. The maximum absolute atomic E-state index is 10.9. The average molecular weight is 304 g/mol. The fourth-order valence-electron chi connectivity index (χ4n) is 1.10. The molecule has 1 aromatic heterocycles. The van der Waals surface area contributed by atoms with E-state index in [1.165, 1.54) is 6.07 Å². The first kappa shape index (κ1) is 8.97. The first-order valence-electron chi connectivity index (χ1n) is 3.56. The van der Waals surface area contributed by atoms with Gasteiger partial charge in [0.1, 0.15) is 0 Å². The van der Waals surface area contributed by atoms with Crippen LogP contribution >= 0.6 is 31.9 Å². The van der Waals surface area contributed by atoms with Gasteiger partial charge in [0.2, 0.25) is 0 Å². The SMILES string of the molecule is O=c1ccc2cc(Br)cc(Br)c2o1. The molecule has 0 radical (unpaired) electrons. The highest BCUT2D eigenvalue weighted by atomic mass is 79.9. The van der Waals surface area contributed by atoms with Gasteiger partial charge < -0.3 is 4.42 Å². The van der Waals surface area contributed by atoms with E-state index in [-0.39, 0.29) is 5.63 Å². The molecule has 4 heteroatoms. The van der Waals surface area contributed by atoms with E-state index in [1.807, 2.05) is 12.1 Å². The summed E-state index contributed by atoms with van der Waals surface area (Å²) < 4.78 is 6.74. The Labute approximate surface area is 90.8 Å². The van der Waals surface area contributed by atoms with Gasteiger partial charge in [-0.05, 0) is 34.1 Å². The number of halogens is 2. The molecule has 0 saturated heterocycles. The molecule has 0 fully saturated rings. The lowest BCUT2D eigenvalue weighted by Gasteiger charge is -1.98. The topological polar surface area (TPSA) is 30.2 Å². The van der Waals surface area contributed by atoms with Crippen LogP contribution in [0.25, 0.3) is 11.0 Å². The Hall–Kier alpha value is -0.610. The molecule has 1 heterocycles. The van der Waals surface area contributed by atoms with Gasteiger partial charge in [0.15, 0.2) is 5.58 Å². The van der Waals surface area contributed by atoms with Crippen LogP contribution < -0.4 is 5.63 Å². The first-order valence-corrected chi connectivity index (χ1v) is 5.14. The lowest BCUT2D eigenvalue weighted by molar-refractivity contribution is 0.559. The molecule has 0 saturated carbocycles. The van der Waals surface area contributed by atoms with Gasteiger partial charge in [-0.3, -0.25) is 0 Å². The van der Waals surface area contributed by atoms with Crippen LogP contribution in [0.2, 0.25) is 0 Å². The second-order valence-corrected chi connectivity index (χ2v) is 4.33. The predicted molar refractivity (Wildman–Crippen MR) is 57.9 cm³/mol. The van der Waals surface area contributed by atoms with Crippen molar-refractivity contribution in [1.29, 1.82) is 0 Å². The maximum atomic E-state index is 10.9. The molecule has 0 aliphatic carbocycles. The summed E-state index contributed by atoms with van der Waals surface area (Å²) in [6.07, 6.45) is 0. The van der Waals surface area contributed by atoms with Crippen LogP contribution in [0.1, 0.15) is 0 Å². The molecule has 0 aliphatic heterocycles.